The Kier molecular flexibility index (Phi) is 3.53. The molecule has 102 valence electrons. The van der Waals surface area contributed by atoms with Gasteiger partial charge in [0.1, 0.15) is 0 Å². The van der Waals surface area contributed by atoms with Crippen LogP contribution >= 0.6 is 0 Å². The lowest BCUT2D eigenvalue weighted by molar-refractivity contribution is -0.129. The van der Waals surface area contributed by atoms with Gasteiger partial charge in [0.2, 0.25) is 5.91 Å². The van der Waals surface area contributed by atoms with Crippen LogP contribution in [-0.4, -0.2) is 42.0 Å². The fraction of sp³-hybridized carbons (Fsp3) is 0.533. The Morgan fingerprint density at radius 2 is 1.95 bits per heavy atom. The van der Waals surface area contributed by atoms with Gasteiger partial charge in [-0.25, -0.2) is 0 Å². The Morgan fingerprint density at radius 3 is 2.68 bits per heavy atom. The number of benzene rings is 1. The largest absolute Gasteiger partial charge is 0.379 e. The maximum absolute atomic E-state index is 11.4. The first-order valence-electron chi connectivity index (χ1n) is 6.88. The fourth-order valence-corrected chi connectivity index (χ4v) is 2.79. The van der Waals surface area contributed by atoms with Crippen molar-refractivity contribution in [2.24, 2.45) is 0 Å². The van der Waals surface area contributed by atoms with Gasteiger partial charge >= 0.3 is 0 Å². The lowest BCUT2D eigenvalue weighted by Gasteiger charge is -2.26. The molecule has 2 aliphatic heterocycles. The van der Waals surface area contributed by atoms with Gasteiger partial charge in [-0.15, -0.1) is 0 Å². The number of carbonyl (C=O) groups excluding carboxylic acids is 1. The number of fused-ring (bicyclic) bond motifs is 1. The molecule has 2 aliphatic rings. The number of nitrogens with zero attached hydrogens (tertiary/aromatic N) is 2. The monoisotopic (exact) mass is 260 g/mol. The maximum atomic E-state index is 11.4. The molecule has 0 atom stereocenters. The predicted molar refractivity (Wildman–Crippen MR) is 72.5 cm³/mol. The van der Waals surface area contributed by atoms with Gasteiger partial charge in [-0.3, -0.25) is 9.69 Å². The van der Waals surface area contributed by atoms with E-state index in [1.165, 1.54) is 16.7 Å². The van der Waals surface area contributed by atoms with Gasteiger partial charge in [0.05, 0.1) is 13.2 Å². The van der Waals surface area contributed by atoms with Crippen molar-refractivity contribution in [3.63, 3.8) is 0 Å². The average Bonchev–Trinajstić information content (AvgIpc) is 2.83. The zero-order valence-corrected chi connectivity index (χ0v) is 11.4. The van der Waals surface area contributed by atoms with E-state index in [0.717, 1.165) is 45.9 Å². The highest BCUT2D eigenvalue weighted by Crippen LogP contribution is 2.24. The summed E-state index contributed by atoms with van der Waals surface area (Å²) >= 11 is 0. The number of hydrogen-bond acceptors (Lipinski definition) is 3. The quantitative estimate of drug-likeness (QED) is 0.805. The molecule has 0 bridgehead atoms. The molecule has 3 rings (SSSR count). The summed E-state index contributed by atoms with van der Waals surface area (Å²) in [6.07, 6.45) is 0. The molecule has 1 amide bonds. The molecule has 0 radical (unpaired) electrons. The Labute approximate surface area is 113 Å². The van der Waals surface area contributed by atoms with E-state index in [0.29, 0.717) is 0 Å². The van der Waals surface area contributed by atoms with Crippen LogP contribution in [0.1, 0.15) is 23.6 Å². The van der Waals surface area contributed by atoms with Crippen molar-refractivity contribution in [1.82, 2.24) is 9.80 Å². The highest BCUT2D eigenvalue weighted by molar-refractivity contribution is 5.74. The zero-order chi connectivity index (χ0) is 13.2. The third kappa shape index (κ3) is 2.80. The molecule has 1 saturated heterocycles. The van der Waals surface area contributed by atoms with Gasteiger partial charge in [0.15, 0.2) is 0 Å². The van der Waals surface area contributed by atoms with Crippen LogP contribution in [0.2, 0.25) is 0 Å². The summed E-state index contributed by atoms with van der Waals surface area (Å²) in [5, 5.41) is 0. The van der Waals surface area contributed by atoms with E-state index in [1.54, 1.807) is 6.92 Å². The maximum Gasteiger partial charge on any atom is 0.220 e. The third-order valence-electron chi connectivity index (χ3n) is 3.95. The van der Waals surface area contributed by atoms with Crippen molar-refractivity contribution in [2.45, 2.75) is 26.6 Å². The normalized spacial score (nSPS) is 19.5. The van der Waals surface area contributed by atoms with Crippen molar-refractivity contribution in [2.75, 3.05) is 26.3 Å². The van der Waals surface area contributed by atoms with Crippen LogP contribution in [-0.2, 0) is 29.2 Å². The molecule has 2 heterocycles. The van der Waals surface area contributed by atoms with Gasteiger partial charge in [0, 0.05) is 39.6 Å². The van der Waals surface area contributed by atoms with E-state index in [9.17, 15) is 4.79 Å². The summed E-state index contributed by atoms with van der Waals surface area (Å²) in [6.45, 7) is 7.85. The van der Waals surface area contributed by atoms with Crippen molar-refractivity contribution in [3.05, 3.63) is 34.9 Å². The average molecular weight is 260 g/mol. The second kappa shape index (κ2) is 5.31. The minimum atomic E-state index is 0.158. The summed E-state index contributed by atoms with van der Waals surface area (Å²) in [5.41, 5.74) is 3.94. The number of carbonyl (C=O) groups is 1. The van der Waals surface area contributed by atoms with Crippen molar-refractivity contribution < 1.29 is 9.53 Å². The van der Waals surface area contributed by atoms with E-state index in [4.69, 9.17) is 4.74 Å². The van der Waals surface area contributed by atoms with E-state index in [2.05, 4.69) is 23.1 Å². The van der Waals surface area contributed by atoms with Crippen molar-refractivity contribution >= 4 is 5.91 Å². The summed E-state index contributed by atoms with van der Waals surface area (Å²) < 4.78 is 5.37. The summed E-state index contributed by atoms with van der Waals surface area (Å²) in [6, 6.07) is 6.62. The summed E-state index contributed by atoms with van der Waals surface area (Å²) in [5.74, 6) is 0.158. The highest BCUT2D eigenvalue weighted by Gasteiger charge is 2.21. The Hall–Kier alpha value is -1.39. The molecule has 0 spiro atoms. The van der Waals surface area contributed by atoms with E-state index in [-0.39, 0.29) is 5.91 Å². The first-order chi connectivity index (χ1) is 9.22. The number of amides is 1. The van der Waals surface area contributed by atoms with Gasteiger partial charge in [-0.05, 0) is 16.7 Å². The molecule has 4 heteroatoms. The molecule has 1 aromatic rings. The van der Waals surface area contributed by atoms with Gasteiger partial charge in [-0.1, -0.05) is 18.2 Å². The highest BCUT2D eigenvalue weighted by atomic mass is 16.5. The van der Waals surface area contributed by atoms with Crippen LogP contribution in [0.15, 0.2) is 18.2 Å². The van der Waals surface area contributed by atoms with E-state index >= 15 is 0 Å². The smallest absolute Gasteiger partial charge is 0.220 e. The standard InChI is InChI=1S/C15H20N2O2/c1-12(18)17-10-14-3-2-13(8-15(14)11-17)9-16-4-6-19-7-5-16/h2-3,8H,4-7,9-11H2,1H3. The SMILES string of the molecule is CC(=O)N1Cc2ccc(CN3CCOCC3)cc2C1. The number of rotatable bonds is 2. The van der Waals surface area contributed by atoms with Crippen LogP contribution in [0.4, 0.5) is 0 Å². The van der Waals surface area contributed by atoms with Crippen LogP contribution < -0.4 is 0 Å². The molecular formula is C15H20N2O2. The Balaban J connectivity index is 1.69. The lowest BCUT2D eigenvalue weighted by atomic mass is 10.1. The molecule has 0 unspecified atom stereocenters. The van der Waals surface area contributed by atoms with Crippen LogP contribution in [0.5, 0.6) is 0 Å². The molecule has 1 aromatic carbocycles. The molecule has 4 nitrogen and oxygen atoms in total. The zero-order valence-electron chi connectivity index (χ0n) is 11.4. The minimum Gasteiger partial charge on any atom is -0.379 e. The van der Waals surface area contributed by atoms with Gasteiger partial charge < -0.3 is 9.64 Å². The second-order valence-corrected chi connectivity index (χ2v) is 5.37. The lowest BCUT2D eigenvalue weighted by Crippen LogP contribution is -2.35. The minimum absolute atomic E-state index is 0.158. The van der Waals surface area contributed by atoms with Gasteiger partial charge in [-0.2, -0.15) is 0 Å². The van der Waals surface area contributed by atoms with Crippen molar-refractivity contribution in [3.8, 4) is 0 Å². The number of ether oxygens (including phenoxy) is 1. The molecule has 0 aromatic heterocycles. The van der Waals surface area contributed by atoms with Crippen molar-refractivity contribution in [1.29, 1.82) is 0 Å². The molecule has 0 N–H and O–H groups in total. The third-order valence-corrected chi connectivity index (χ3v) is 3.95. The molecule has 0 saturated carbocycles. The van der Waals surface area contributed by atoms with Crippen LogP contribution in [0.3, 0.4) is 0 Å². The second-order valence-electron chi connectivity index (χ2n) is 5.37. The fourth-order valence-electron chi connectivity index (χ4n) is 2.79. The number of hydrogen-bond donors (Lipinski definition) is 0. The topological polar surface area (TPSA) is 32.8 Å². The van der Waals surface area contributed by atoms with Gasteiger partial charge in [0.25, 0.3) is 0 Å². The molecule has 19 heavy (non-hydrogen) atoms. The Morgan fingerprint density at radius 1 is 1.21 bits per heavy atom. The first kappa shape index (κ1) is 12.6. The molecule has 1 fully saturated rings. The van der Waals surface area contributed by atoms with E-state index in [1.807, 2.05) is 4.90 Å². The first-order valence-corrected chi connectivity index (χ1v) is 6.88. The summed E-state index contributed by atoms with van der Waals surface area (Å²) in [7, 11) is 0. The molecular weight excluding hydrogens is 240 g/mol. The summed E-state index contributed by atoms with van der Waals surface area (Å²) in [4.78, 5) is 15.7. The Bertz CT molecular complexity index is 481. The predicted octanol–water partition coefficient (Wildman–Crippen LogP) is 1.38. The number of morpholine rings is 1. The molecule has 0 aliphatic carbocycles. The van der Waals surface area contributed by atoms with Crippen LogP contribution in [0.25, 0.3) is 0 Å². The van der Waals surface area contributed by atoms with Crippen LogP contribution in [0, 0.1) is 0 Å². The van der Waals surface area contributed by atoms with E-state index < -0.39 is 0 Å².